The van der Waals surface area contributed by atoms with Crippen LogP contribution in [0, 0.1) is 11.8 Å². The monoisotopic (exact) mass is 142 g/mol. The molecule has 0 radical (unpaired) electrons. The lowest BCUT2D eigenvalue weighted by atomic mass is 9.81. The molecule has 1 aliphatic carbocycles. The van der Waals surface area contributed by atoms with Gasteiger partial charge in [0.05, 0.1) is 6.54 Å². The van der Waals surface area contributed by atoms with Gasteiger partial charge in [-0.15, -0.1) is 0 Å². The van der Waals surface area contributed by atoms with Crippen LogP contribution in [0.1, 0.15) is 39.0 Å². The summed E-state index contributed by atoms with van der Waals surface area (Å²) < 4.78 is 0. The van der Waals surface area contributed by atoms with Gasteiger partial charge in [0, 0.05) is 5.92 Å². The average molecular weight is 142 g/mol. The van der Waals surface area contributed by atoms with Crippen LogP contribution in [0.3, 0.4) is 0 Å². The lowest BCUT2D eigenvalue weighted by Gasteiger charge is -2.25. The van der Waals surface area contributed by atoms with Gasteiger partial charge in [-0.3, -0.25) is 0 Å². The molecule has 1 fully saturated rings. The maximum Gasteiger partial charge on any atom is 0.0768 e. The van der Waals surface area contributed by atoms with E-state index in [9.17, 15) is 0 Å². The molecule has 1 nitrogen and oxygen atoms in total. The summed E-state index contributed by atoms with van der Waals surface area (Å²) in [4.78, 5) is 0. The summed E-state index contributed by atoms with van der Waals surface area (Å²) in [6.45, 7) is 3.48. The van der Waals surface area contributed by atoms with Crippen molar-refractivity contribution in [2.24, 2.45) is 11.8 Å². The summed E-state index contributed by atoms with van der Waals surface area (Å²) in [7, 11) is 0. The van der Waals surface area contributed by atoms with Gasteiger partial charge in [0.25, 0.3) is 0 Å². The minimum absolute atomic E-state index is 0.961. The van der Waals surface area contributed by atoms with Gasteiger partial charge < -0.3 is 5.73 Å². The van der Waals surface area contributed by atoms with Crippen LogP contribution in [0.15, 0.2) is 0 Å². The zero-order chi connectivity index (χ0) is 7.40. The second-order valence-electron chi connectivity index (χ2n) is 3.58. The second kappa shape index (κ2) is 3.97. The van der Waals surface area contributed by atoms with Gasteiger partial charge in [0.1, 0.15) is 0 Å². The fourth-order valence-corrected chi connectivity index (χ4v) is 1.93. The van der Waals surface area contributed by atoms with Gasteiger partial charge >= 0.3 is 0 Å². The van der Waals surface area contributed by atoms with Crippen LogP contribution in [0.4, 0.5) is 0 Å². The predicted octanol–water partition coefficient (Wildman–Crippen LogP) is 1.44. The van der Waals surface area contributed by atoms with Crippen molar-refractivity contribution in [2.45, 2.75) is 39.0 Å². The highest BCUT2D eigenvalue weighted by molar-refractivity contribution is 4.70. The van der Waals surface area contributed by atoms with Crippen LogP contribution < -0.4 is 5.73 Å². The molecule has 0 bridgehead atoms. The van der Waals surface area contributed by atoms with Crippen molar-refractivity contribution in [3.8, 4) is 0 Å². The fourth-order valence-electron chi connectivity index (χ4n) is 1.93. The Balaban J connectivity index is 2.17. The van der Waals surface area contributed by atoms with Gasteiger partial charge in [-0.1, -0.05) is 13.3 Å². The Labute approximate surface area is 64.0 Å². The van der Waals surface area contributed by atoms with E-state index in [2.05, 4.69) is 12.7 Å². The number of rotatable bonds is 2. The van der Waals surface area contributed by atoms with Crippen molar-refractivity contribution in [3.63, 3.8) is 0 Å². The van der Waals surface area contributed by atoms with Crippen LogP contribution >= 0.6 is 0 Å². The number of hydrogen-bond acceptors (Lipinski definition) is 0. The Morgan fingerprint density at radius 1 is 1.10 bits per heavy atom. The molecule has 0 atom stereocenters. The van der Waals surface area contributed by atoms with E-state index in [-0.39, 0.29) is 0 Å². The Hall–Kier alpha value is -0.0400. The number of quaternary nitrogens is 1. The molecule has 0 aromatic heterocycles. The molecule has 0 aromatic carbocycles. The molecule has 0 amide bonds. The SMILES string of the molecule is CCC1CCC(C[NH3+])CC1. The van der Waals surface area contributed by atoms with E-state index in [0.717, 1.165) is 18.4 Å². The summed E-state index contributed by atoms with van der Waals surface area (Å²) >= 11 is 0. The lowest BCUT2D eigenvalue weighted by molar-refractivity contribution is -0.380. The summed E-state index contributed by atoms with van der Waals surface area (Å²) in [6, 6.07) is 0. The topological polar surface area (TPSA) is 27.6 Å². The predicted molar refractivity (Wildman–Crippen MR) is 43.5 cm³/mol. The highest BCUT2D eigenvalue weighted by atomic mass is 14.5. The Morgan fingerprint density at radius 3 is 2.00 bits per heavy atom. The molecule has 0 heterocycles. The fraction of sp³-hybridized carbons (Fsp3) is 1.00. The van der Waals surface area contributed by atoms with Gasteiger partial charge in [0.2, 0.25) is 0 Å². The van der Waals surface area contributed by atoms with Crippen LogP contribution in [0.2, 0.25) is 0 Å². The van der Waals surface area contributed by atoms with E-state index in [0.29, 0.717) is 0 Å². The van der Waals surface area contributed by atoms with Gasteiger partial charge in [-0.25, -0.2) is 0 Å². The zero-order valence-corrected chi connectivity index (χ0v) is 7.10. The molecule has 0 spiro atoms. The molecular formula is C9H20N+. The Kier molecular flexibility index (Phi) is 3.20. The summed E-state index contributed by atoms with van der Waals surface area (Å²) in [5, 5.41) is 0. The van der Waals surface area contributed by atoms with E-state index in [1.807, 2.05) is 0 Å². The van der Waals surface area contributed by atoms with Crippen LogP contribution in [-0.4, -0.2) is 6.54 Å². The summed E-state index contributed by atoms with van der Waals surface area (Å²) in [5.41, 5.74) is 3.96. The standard InChI is InChI=1S/C9H19N/c1-2-8-3-5-9(7-10)6-4-8/h8-9H,2-7,10H2,1H3/p+1. The van der Waals surface area contributed by atoms with E-state index in [4.69, 9.17) is 0 Å². The maximum atomic E-state index is 3.96. The van der Waals surface area contributed by atoms with Gasteiger partial charge in [0.15, 0.2) is 0 Å². The van der Waals surface area contributed by atoms with E-state index >= 15 is 0 Å². The Morgan fingerprint density at radius 2 is 1.60 bits per heavy atom. The van der Waals surface area contributed by atoms with Crippen molar-refractivity contribution in [1.29, 1.82) is 0 Å². The molecule has 0 unspecified atom stereocenters. The first-order valence-electron chi connectivity index (χ1n) is 4.66. The lowest BCUT2D eigenvalue weighted by Crippen LogP contribution is -2.54. The van der Waals surface area contributed by atoms with Crippen molar-refractivity contribution < 1.29 is 5.73 Å². The average Bonchev–Trinajstić information content (AvgIpc) is 2.05. The van der Waals surface area contributed by atoms with Crippen molar-refractivity contribution in [3.05, 3.63) is 0 Å². The molecule has 1 saturated carbocycles. The van der Waals surface area contributed by atoms with E-state index in [1.165, 1.54) is 32.1 Å². The molecule has 3 N–H and O–H groups in total. The van der Waals surface area contributed by atoms with Crippen LogP contribution in [0.25, 0.3) is 0 Å². The van der Waals surface area contributed by atoms with Crippen LogP contribution in [0.5, 0.6) is 0 Å². The second-order valence-corrected chi connectivity index (χ2v) is 3.58. The molecule has 1 rings (SSSR count). The third-order valence-electron chi connectivity index (χ3n) is 2.95. The first kappa shape index (κ1) is 8.06. The molecule has 1 heteroatoms. The Bertz CT molecular complexity index is 70.7. The largest absolute Gasteiger partial charge is 0.357 e. The van der Waals surface area contributed by atoms with E-state index in [1.54, 1.807) is 0 Å². The minimum Gasteiger partial charge on any atom is -0.357 e. The zero-order valence-electron chi connectivity index (χ0n) is 7.10. The minimum atomic E-state index is 0.961. The van der Waals surface area contributed by atoms with Gasteiger partial charge in [-0.2, -0.15) is 0 Å². The smallest absolute Gasteiger partial charge is 0.0768 e. The van der Waals surface area contributed by atoms with Crippen molar-refractivity contribution >= 4 is 0 Å². The van der Waals surface area contributed by atoms with Crippen LogP contribution in [-0.2, 0) is 0 Å². The molecule has 60 valence electrons. The van der Waals surface area contributed by atoms with Crippen molar-refractivity contribution in [2.75, 3.05) is 6.54 Å². The molecule has 0 saturated heterocycles. The molecule has 0 aromatic rings. The first-order chi connectivity index (χ1) is 4.86. The quantitative estimate of drug-likeness (QED) is 0.604. The maximum absolute atomic E-state index is 3.96. The van der Waals surface area contributed by atoms with Crippen molar-refractivity contribution in [1.82, 2.24) is 0 Å². The first-order valence-corrected chi connectivity index (χ1v) is 4.66. The molecule has 0 aliphatic heterocycles. The van der Waals surface area contributed by atoms with E-state index < -0.39 is 0 Å². The number of hydrogen-bond donors (Lipinski definition) is 1. The highest BCUT2D eigenvalue weighted by Crippen LogP contribution is 2.29. The molecule has 1 aliphatic rings. The summed E-state index contributed by atoms with van der Waals surface area (Å²) in [5.74, 6) is 2.01. The summed E-state index contributed by atoms with van der Waals surface area (Å²) in [6.07, 6.45) is 7.22. The highest BCUT2D eigenvalue weighted by Gasteiger charge is 2.19. The third-order valence-corrected chi connectivity index (χ3v) is 2.95. The van der Waals surface area contributed by atoms with Gasteiger partial charge in [-0.05, 0) is 31.6 Å². The molecular weight excluding hydrogens is 122 g/mol. The molecule has 10 heavy (non-hydrogen) atoms. The normalized spacial score (nSPS) is 34.2. The third kappa shape index (κ3) is 1.98.